The molecule has 3 nitrogen and oxygen atoms in total. The molecule has 0 heterocycles. The molecule has 0 amide bonds. The van der Waals surface area contributed by atoms with Gasteiger partial charge in [-0.15, -0.1) is 0 Å². The molecule has 1 unspecified atom stereocenters. The molecule has 0 saturated carbocycles. The lowest BCUT2D eigenvalue weighted by Gasteiger charge is -2.48. The Kier molecular flexibility index (Phi) is 3.43. The maximum Gasteiger partial charge on any atom is 0.0880 e. The summed E-state index contributed by atoms with van der Waals surface area (Å²) in [4.78, 5) is 0. The first-order valence-corrected chi connectivity index (χ1v) is 6.71. The molecule has 2 aliphatic carbocycles. The van der Waals surface area contributed by atoms with E-state index in [1.807, 2.05) is 12.2 Å². The zero-order valence-corrected chi connectivity index (χ0v) is 11.4. The summed E-state index contributed by atoms with van der Waals surface area (Å²) in [5.74, 6) is 0.170. The maximum absolute atomic E-state index is 10.2. The van der Waals surface area contributed by atoms with E-state index in [4.69, 9.17) is 0 Å². The quantitative estimate of drug-likeness (QED) is 0.700. The Bertz CT molecular complexity index is 383. The molecule has 0 aliphatic heterocycles. The van der Waals surface area contributed by atoms with Crippen LogP contribution in [-0.4, -0.2) is 33.6 Å². The second-order valence-corrected chi connectivity index (χ2v) is 6.37. The molecule has 102 valence electrons. The Morgan fingerprint density at radius 1 is 1.50 bits per heavy atom. The maximum atomic E-state index is 10.2. The van der Waals surface area contributed by atoms with Crippen molar-refractivity contribution in [1.29, 1.82) is 0 Å². The molecule has 3 N–H and O–H groups in total. The van der Waals surface area contributed by atoms with Crippen molar-refractivity contribution < 1.29 is 15.3 Å². The normalized spacial score (nSPS) is 43.0. The van der Waals surface area contributed by atoms with Crippen LogP contribution < -0.4 is 0 Å². The lowest BCUT2D eigenvalue weighted by atomic mass is 9.58. The highest BCUT2D eigenvalue weighted by Gasteiger charge is 2.46. The molecule has 0 saturated heterocycles. The van der Waals surface area contributed by atoms with Gasteiger partial charge in [-0.1, -0.05) is 32.1 Å². The second kappa shape index (κ2) is 4.48. The van der Waals surface area contributed by atoms with Gasteiger partial charge in [-0.2, -0.15) is 0 Å². The smallest absolute Gasteiger partial charge is 0.0880 e. The van der Waals surface area contributed by atoms with E-state index in [9.17, 15) is 15.3 Å². The summed E-state index contributed by atoms with van der Waals surface area (Å²) in [5.41, 5.74) is 0.0953. The van der Waals surface area contributed by atoms with Gasteiger partial charge in [0.2, 0.25) is 0 Å². The standard InChI is InChI=1S/C15H24O3/c1-10-13(17)7-6-11-4-5-12(8-14(10,11)2)15(3,18)9-16/h4,6-7,10,12-13,16-18H,5,8-9H2,1-3H3/t10-,12-,13+,14+,15?/m1/s1. The number of aliphatic hydroxyl groups excluding tert-OH is 2. The van der Waals surface area contributed by atoms with E-state index in [1.165, 1.54) is 5.57 Å². The Morgan fingerprint density at radius 3 is 2.78 bits per heavy atom. The first-order chi connectivity index (χ1) is 8.31. The first kappa shape index (κ1) is 13.8. The Labute approximate surface area is 109 Å². The van der Waals surface area contributed by atoms with Crippen molar-refractivity contribution in [2.45, 2.75) is 45.3 Å². The van der Waals surface area contributed by atoms with Gasteiger partial charge in [0.05, 0.1) is 18.3 Å². The fourth-order valence-corrected chi connectivity index (χ4v) is 3.27. The second-order valence-electron chi connectivity index (χ2n) is 6.37. The van der Waals surface area contributed by atoms with Crippen LogP contribution in [0, 0.1) is 17.3 Å². The van der Waals surface area contributed by atoms with Crippen LogP contribution in [0.2, 0.25) is 0 Å². The molecule has 0 spiro atoms. The van der Waals surface area contributed by atoms with E-state index < -0.39 is 11.7 Å². The van der Waals surface area contributed by atoms with Crippen LogP contribution in [0.5, 0.6) is 0 Å². The van der Waals surface area contributed by atoms with Crippen LogP contribution in [0.4, 0.5) is 0 Å². The number of allylic oxidation sites excluding steroid dienone is 3. The summed E-state index contributed by atoms with van der Waals surface area (Å²) in [6.07, 6.45) is 7.17. The van der Waals surface area contributed by atoms with Gasteiger partial charge in [0, 0.05) is 0 Å². The fraction of sp³-hybridized carbons (Fsp3) is 0.733. The zero-order chi connectivity index (χ0) is 13.6. The van der Waals surface area contributed by atoms with Gasteiger partial charge in [0.1, 0.15) is 0 Å². The van der Waals surface area contributed by atoms with Crippen LogP contribution in [-0.2, 0) is 0 Å². The molecular weight excluding hydrogens is 228 g/mol. The molecule has 0 fully saturated rings. The lowest BCUT2D eigenvalue weighted by Crippen LogP contribution is -2.47. The minimum absolute atomic E-state index is 0.0393. The number of fused-ring (bicyclic) bond motifs is 1. The Balaban J connectivity index is 2.32. The topological polar surface area (TPSA) is 60.7 Å². The molecule has 0 radical (unpaired) electrons. The summed E-state index contributed by atoms with van der Waals surface area (Å²) in [6, 6.07) is 0. The van der Waals surface area contributed by atoms with Crippen LogP contribution in [0.3, 0.4) is 0 Å². The van der Waals surface area contributed by atoms with Gasteiger partial charge in [0.15, 0.2) is 0 Å². The summed E-state index contributed by atoms with van der Waals surface area (Å²) in [5, 5.41) is 29.6. The molecular formula is C15H24O3. The largest absolute Gasteiger partial charge is 0.393 e. The van der Waals surface area contributed by atoms with Gasteiger partial charge in [0.25, 0.3) is 0 Å². The van der Waals surface area contributed by atoms with Crippen molar-refractivity contribution >= 4 is 0 Å². The minimum Gasteiger partial charge on any atom is -0.393 e. The highest BCUT2D eigenvalue weighted by molar-refractivity contribution is 5.34. The molecule has 2 rings (SSSR count). The fourth-order valence-electron chi connectivity index (χ4n) is 3.27. The van der Waals surface area contributed by atoms with Gasteiger partial charge in [-0.25, -0.2) is 0 Å². The van der Waals surface area contributed by atoms with E-state index in [2.05, 4.69) is 19.9 Å². The van der Waals surface area contributed by atoms with Crippen molar-refractivity contribution in [3.05, 3.63) is 23.8 Å². The lowest BCUT2D eigenvalue weighted by molar-refractivity contribution is -0.0688. The Hall–Kier alpha value is -0.640. The third-order valence-electron chi connectivity index (χ3n) is 5.14. The molecule has 3 heteroatoms. The van der Waals surface area contributed by atoms with Gasteiger partial charge in [-0.05, 0) is 42.6 Å². The van der Waals surface area contributed by atoms with E-state index in [0.717, 1.165) is 12.8 Å². The monoisotopic (exact) mass is 252 g/mol. The van der Waals surface area contributed by atoms with Gasteiger partial charge >= 0.3 is 0 Å². The van der Waals surface area contributed by atoms with Crippen molar-refractivity contribution in [2.24, 2.45) is 17.3 Å². The average molecular weight is 252 g/mol. The van der Waals surface area contributed by atoms with Crippen molar-refractivity contribution in [2.75, 3.05) is 6.61 Å². The highest BCUT2D eigenvalue weighted by atomic mass is 16.3. The molecule has 0 bridgehead atoms. The van der Waals surface area contributed by atoms with Crippen molar-refractivity contribution in [3.8, 4) is 0 Å². The number of aliphatic hydroxyl groups is 3. The molecule has 0 aromatic rings. The van der Waals surface area contributed by atoms with Gasteiger partial charge in [-0.3, -0.25) is 0 Å². The van der Waals surface area contributed by atoms with Crippen LogP contribution in [0.25, 0.3) is 0 Å². The summed E-state index contributed by atoms with van der Waals surface area (Å²) >= 11 is 0. The van der Waals surface area contributed by atoms with E-state index in [-0.39, 0.29) is 23.9 Å². The van der Waals surface area contributed by atoms with Crippen molar-refractivity contribution in [1.82, 2.24) is 0 Å². The summed E-state index contributed by atoms with van der Waals surface area (Å²) < 4.78 is 0. The third kappa shape index (κ3) is 2.04. The third-order valence-corrected chi connectivity index (χ3v) is 5.14. The zero-order valence-electron chi connectivity index (χ0n) is 11.4. The van der Waals surface area contributed by atoms with E-state index in [1.54, 1.807) is 6.92 Å². The van der Waals surface area contributed by atoms with E-state index in [0.29, 0.717) is 0 Å². The van der Waals surface area contributed by atoms with Crippen LogP contribution >= 0.6 is 0 Å². The minimum atomic E-state index is -1.04. The summed E-state index contributed by atoms with van der Waals surface area (Å²) in [7, 11) is 0. The molecule has 2 aliphatic rings. The molecule has 0 aromatic heterocycles. The molecule has 18 heavy (non-hydrogen) atoms. The Morgan fingerprint density at radius 2 is 2.17 bits per heavy atom. The molecule has 5 atom stereocenters. The number of hydrogen-bond acceptors (Lipinski definition) is 3. The van der Waals surface area contributed by atoms with Crippen LogP contribution in [0.15, 0.2) is 23.8 Å². The average Bonchev–Trinajstić information content (AvgIpc) is 2.34. The number of hydrogen-bond donors (Lipinski definition) is 3. The van der Waals surface area contributed by atoms with E-state index >= 15 is 0 Å². The predicted octanol–water partition coefficient (Wildman–Crippen LogP) is 1.64. The van der Waals surface area contributed by atoms with Gasteiger partial charge < -0.3 is 15.3 Å². The van der Waals surface area contributed by atoms with Crippen molar-refractivity contribution in [3.63, 3.8) is 0 Å². The SMILES string of the molecule is C[C@@H]1[C@@H](O)C=CC2=CC[C@@H](C(C)(O)CO)C[C@]21C. The summed E-state index contributed by atoms with van der Waals surface area (Å²) in [6.45, 7) is 5.68. The predicted molar refractivity (Wildman–Crippen MR) is 70.9 cm³/mol. The molecule has 0 aromatic carbocycles. The van der Waals surface area contributed by atoms with Crippen LogP contribution in [0.1, 0.15) is 33.6 Å². The highest BCUT2D eigenvalue weighted by Crippen LogP contribution is 2.51. The number of rotatable bonds is 2. The first-order valence-electron chi connectivity index (χ1n) is 6.71.